The number of thiophene rings is 1. The van der Waals surface area contributed by atoms with Crippen molar-refractivity contribution in [1.82, 2.24) is 0 Å². The number of ketones is 1. The van der Waals surface area contributed by atoms with Gasteiger partial charge in [-0.2, -0.15) is 0 Å². The molecule has 2 rings (SSSR count). The summed E-state index contributed by atoms with van der Waals surface area (Å²) in [6, 6.07) is 0.302. The molecule has 0 aromatic carbocycles. The van der Waals surface area contributed by atoms with Crippen LogP contribution in [-0.4, -0.2) is 18.9 Å². The number of rotatable bonds is 6. The Morgan fingerprint density at radius 2 is 2.05 bits per heavy atom. The Labute approximate surface area is 118 Å². The fraction of sp³-hybridized carbons (Fsp3) is 0.643. The van der Waals surface area contributed by atoms with E-state index in [0.29, 0.717) is 28.3 Å². The maximum absolute atomic E-state index is 12.2. The first-order chi connectivity index (χ1) is 8.95. The summed E-state index contributed by atoms with van der Waals surface area (Å²) in [5, 5.41) is 4.26. The van der Waals surface area contributed by atoms with Crippen LogP contribution in [0.1, 0.15) is 43.3 Å². The van der Waals surface area contributed by atoms with E-state index in [1.807, 2.05) is 0 Å². The van der Waals surface area contributed by atoms with Crippen molar-refractivity contribution in [2.24, 2.45) is 11.8 Å². The van der Waals surface area contributed by atoms with Gasteiger partial charge in [0.15, 0.2) is 11.5 Å². The Morgan fingerprint density at radius 1 is 1.42 bits per heavy atom. The lowest BCUT2D eigenvalue weighted by atomic mass is 10.1. The third-order valence-corrected chi connectivity index (χ3v) is 4.77. The summed E-state index contributed by atoms with van der Waals surface area (Å²) in [5.74, 6) is 1.46. The minimum Gasteiger partial charge on any atom is -0.492 e. The molecular formula is C14H22N2O2S. The standard InChI is InChI=1S/C14H22N2O2S/c1-7(2)8(3)16-14-12(18-4)10(15)13(19-14)11(17)9-5-6-9/h7-9,16H,5-6,15H2,1-4H3. The molecule has 106 valence electrons. The number of carbonyl (C=O) groups is 1. The van der Waals surface area contributed by atoms with Crippen LogP contribution in [0.3, 0.4) is 0 Å². The van der Waals surface area contributed by atoms with Gasteiger partial charge in [0.05, 0.1) is 17.7 Å². The highest BCUT2D eigenvalue weighted by molar-refractivity contribution is 7.19. The third kappa shape index (κ3) is 2.86. The van der Waals surface area contributed by atoms with Crippen molar-refractivity contribution < 1.29 is 9.53 Å². The molecular weight excluding hydrogens is 260 g/mol. The van der Waals surface area contributed by atoms with Crippen molar-refractivity contribution in [3.8, 4) is 5.75 Å². The van der Waals surface area contributed by atoms with Gasteiger partial charge in [0.2, 0.25) is 0 Å². The zero-order chi connectivity index (χ0) is 14.2. The maximum atomic E-state index is 12.2. The number of hydrogen-bond donors (Lipinski definition) is 2. The monoisotopic (exact) mass is 282 g/mol. The van der Waals surface area contributed by atoms with Crippen LogP contribution >= 0.6 is 11.3 Å². The summed E-state index contributed by atoms with van der Waals surface area (Å²) in [6.45, 7) is 6.41. The zero-order valence-electron chi connectivity index (χ0n) is 11.9. The van der Waals surface area contributed by atoms with Gasteiger partial charge in [-0.3, -0.25) is 4.79 Å². The average Bonchev–Trinajstić information content (AvgIpc) is 3.15. The Hall–Kier alpha value is -1.23. The first-order valence-corrected chi connectivity index (χ1v) is 7.54. The number of nitrogens with one attached hydrogen (secondary N) is 1. The number of ether oxygens (including phenoxy) is 1. The van der Waals surface area contributed by atoms with Crippen LogP contribution in [0.4, 0.5) is 10.7 Å². The summed E-state index contributed by atoms with van der Waals surface area (Å²) in [5.41, 5.74) is 6.55. The molecule has 1 unspecified atom stereocenters. The van der Waals surface area contributed by atoms with E-state index in [2.05, 4.69) is 26.1 Å². The van der Waals surface area contributed by atoms with Crippen molar-refractivity contribution in [3.05, 3.63) is 4.88 Å². The van der Waals surface area contributed by atoms with E-state index in [1.54, 1.807) is 7.11 Å². The van der Waals surface area contributed by atoms with Crippen LogP contribution in [-0.2, 0) is 0 Å². The second kappa shape index (κ2) is 5.41. The predicted molar refractivity (Wildman–Crippen MR) is 80.3 cm³/mol. The number of hydrogen-bond acceptors (Lipinski definition) is 5. The lowest BCUT2D eigenvalue weighted by molar-refractivity contribution is 0.0972. The molecule has 1 aromatic rings. The van der Waals surface area contributed by atoms with Crippen LogP contribution in [0.5, 0.6) is 5.75 Å². The van der Waals surface area contributed by atoms with E-state index < -0.39 is 0 Å². The summed E-state index contributed by atoms with van der Waals surface area (Å²) in [6.07, 6.45) is 1.98. The lowest BCUT2D eigenvalue weighted by Crippen LogP contribution is -2.21. The molecule has 1 saturated carbocycles. The van der Waals surface area contributed by atoms with Gasteiger partial charge in [0, 0.05) is 12.0 Å². The fourth-order valence-corrected chi connectivity index (χ4v) is 3.02. The number of Topliss-reactive ketones (excluding diaryl/α,β-unsaturated/α-hetero) is 1. The number of methoxy groups -OCH3 is 1. The van der Waals surface area contributed by atoms with Gasteiger partial charge >= 0.3 is 0 Å². The molecule has 0 spiro atoms. The molecule has 1 aliphatic rings. The van der Waals surface area contributed by atoms with Gasteiger partial charge in [-0.15, -0.1) is 11.3 Å². The minimum atomic E-state index is 0.172. The van der Waals surface area contributed by atoms with Gasteiger partial charge < -0.3 is 15.8 Å². The van der Waals surface area contributed by atoms with Crippen molar-refractivity contribution in [2.45, 2.75) is 39.7 Å². The molecule has 19 heavy (non-hydrogen) atoms. The Kier molecular flexibility index (Phi) is 4.04. The topological polar surface area (TPSA) is 64.3 Å². The normalized spacial score (nSPS) is 16.5. The van der Waals surface area contributed by atoms with Crippen molar-refractivity contribution in [3.63, 3.8) is 0 Å². The molecule has 0 radical (unpaired) electrons. The van der Waals surface area contributed by atoms with Gasteiger partial charge in [-0.25, -0.2) is 0 Å². The fourth-order valence-electron chi connectivity index (χ4n) is 1.81. The summed E-state index contributed by atoms with van der Waals surface area (Å²) in [4.78, 5) is 12.8. The van der Waals surface area contributed by atoms with E-state index in [4.69, 9.17) is 10.5 Å². The largest absolute Gasteiger partial charge is 0.492 e. The SMILES string of the molecule is COc1c(NC(C)C(C)C)sc(C(=O)C2CC2)c1N. The molecule has 1 aromatic heterocycles. The number of anilines is 2. The molecule has 1 fully saturated rings. The molecule has 4 nitrogen and oxygen atoms in total. The Bertz CT molecular complexity index is 478. The predicted octanol–water partition coefficient (Wildman–Crippen LogP) is 3.39. The Balaban J connectivity index is 2.27. The van der Waals surface area contributed by atoms with E-state index in [1.165, 1.54) is 11.3 Å². The van der Waals surface area contributed by atoms with Gasteiger partial charge in [-0.1, -0.05) is 13.8 Å². The third-order valence-electron chi connectivity index (χ3n) is 3.63. The molecule has 5 heteroatoms. The summed E-state index contributed by atoms with van der Waals surface area (Å²) in [7, 11) is 1.59. The summed E-state index contributed by atoms with van der Waals surface area (Å²) >= 11 is 1.42. The average molecular weight is 282 g/mol. The highest BCUT2D eigenvalue weighted by Gasteiger charge is 2.34. The van der Waals surface area contributed by atoms with Crippen molar-refractivity contribution in [2.75, 3.05) is 18.2 Å². The quantitative estimate of drug-likeness (QED) is 0.785. The van der Waals surface area contributed by atoms with Crippen LogP contribution < -0.4 is 15.8 Å². The first-order valence-electron chi connectivity index (χ1n) is 6.72. The highest BCUT2D eigenvalue weighted by Crippen LogP contribution is 2.46. The van der Waals surface area contributed by atoms with Crippen LogP contribution in [0, 0.1) is 11.8 Å². The van der Waals surface area contributed by atoms with Gasteiger partial charge in [0.25, 0.3) is 0 Å². The van der Waals surface area contributed by atoms with Gasteiger partial charge in [-0.05, 0) is 25.7 Å². The van der Waals surface area contributed by atoms with Crippen molar-refractivity contribution >= 4 is 27.8 Å². The summed E-state index contributed by atoms with van der Waals surface area (Å²) < 4.78 is 5.36. The van der Waals surface area contributed by atoms with Crippen molar-refractivity contribution in [1.29, 1.82) is 0 Å². The molecule has 3 N–H and O–H groups in total. The van der Waals surface area contributed by atoms with Crippen LogP contribution in [0.2, 0.25) is 0 Å². The smallest absolute Gasteiger partial charge is 0.178 e. The number of carbonyl (C=O) groups excluding carboxylic acids is 1. The molecule has 1 aliphatic carbocycles. The second-order valence-corrected chi connectivity index (χ2v) is 6.54. The van der Waals surface area contributed by atoms with E-state index in [-0.39, 0.29) is 11.7 Å². The highest BCUT2D eigenvalue weighted by atomic mass is 32.1. The zero-order valence-corrected chi connectivity index (χ0v) is 12.8. The molecule has 0 bridgehead atoms. The maximum Gasteiger partial charge on any atom is 0.178 e. The molecule has 0 aliphatic heterocycles. The molecule has 1 heterocycles. The Morgan fingerprint density at radius 3 is 2.53 bits per heavy atom. The first kappa shape index (κ1) is 14.2. The molecule has 0 amide bonds. The van der Waals surface area contributed by atoms with E-state index >= 15 is 0 Å². The molecule has 1 atom stereocenters. The second-order valence-electron chi connectivity index (χ2n) is 5.52. The van der Waals surface area contributed by atoms with Crippen LogP contribution in [0.15, 0.2) is 0 Å². The minimum absolute atomic E-state index is 0.172. The molecule has 0 saturated heterocycles. The van der Waals surface area contributed by atoms with Gasteiger partial charge in [0.1, 0.15) is 5.00 Å². The number of nitrogens with two attached hydrogens (primary N) is 1. The lowest BCUT2D eigenvalue weighted by Gasteiger charge is -2.18. The van der Waals surface area contributed by atoms with E-state index in [0.717, 1.165) is 17.8 Å². The van der Waals surface area contributed by atoms with E-state index in [9.17, 15) is 4.79 Å². The van der Waals surface area contributed by atoms with Crippen LogP contribution in [0.25, 0.3) is 0 Å². The number of nitrogen functional groups attached to an aromatic ring is 1.